The number of rotatable bonds is 2. The average molecular weight is 333 g/mol. The molecule has 0 saturated carbocycles. The van der Waals surface area contributed by atoms with Gasteiger partial charge in [-0.05, 0) is 37.1 Å². The maximum Gasteiger partial charge on any atom is 0.258 e. The number of hydrogen-bond donors (Lipinski definition) is 1. The Kier molecular flexibility index (Phi) is 3.33. The lowest BCUT2D eigenvalue weighted by molar-refractivity contribution is 0.560. The predicted octanol–water partition coefficient (Wildman–Crippen LogP) is 3.07. The SMILES string of the molecule is Nc1c(F)nn2ccc(N3CCCC3c3cc(F)ccc3F)nc12. The highest BCUT2D eigenvalue weighted by Gasteiger charge is 2.30. The molecule has 1 saturated heterocycles. The molecule has 1 fully saturated rings. The molecule has 0 radical (unpaired) electrons. The standard InChI is InChI=1S/C16H14F3N5/c17-9-3-4-11(18)10(8-9)12-2-1-6-23(12)13-5-7-24-16(21-13)14(20)15(19)22-24/h3-5,7-8,12H,1-2,6,20H2. The van der Waals surface area contributed by atoms with E-state index in [1.54, 1.807) is 12.3 Å². The van der Waals surface area contributed by atoms with E-state index in [2.05, 4.69) is 10.1 Å². The third-order valence-electron chi connectivity index (χ3n) is 4.33. The van der Waals surface area contributed by atoms with Gasteiger partial charge in [-0.25, -0.2) is 18.3 Å². The van der Waals surface area contributed by atoms with E-state index in [9.17, 15) is 13.2 Å². The van der Waals surface area contributed by atoms with Crippen molar-refractivity contribution >= 4 is 17.2 Å². The predicted molar refractivity (Wildman–Crippen MR) is 83.0 cm³/mol. The van der Waals surface area contributed by atoms with Crippen LogP contribution in [0.25, 0.3) is 5.65 Å². The summed E-state index contributed by atoms with van der Waals surface area (Å²) in [5.41, 5.74) is 6.01. The van der Waals surface area contributed by atoms with Crippen LogP contribution in [-0.4, -0.2) is 21.1 Å². The van der Waals surface area contributed by atoms with Crippen LogP contribution in [0.15, 0.2) is 30.5 Å². The summed E-state index contributed by atoms with van der Waals surface area (Å²) >= 11 is 0. The summed E-state index contributed by atoms with van der Waals surface area (Å²) in [6, 6.07) is 4.77. The van der Waals surface area contributed by atoms with Crippen molar-refractivity contribution in [1.29, 1.82) is 0 Å². The molecular weight excluding hydrogens is 319 g/mol. The molecule has 1 aliphatic rings. The van der Waals surface area contributed by atoms with Crippen LogP contribution in [0.5, 0.6) is 0 Å². The van der Waals surface area contributed by atoms with Gasteiger partial charge in [0.15, 0.2) is 5.65 Å². The number of halogens is 3. The van der Waals surface area contributed by atoms with E-state index in [0.29, 0.717) is 24.3 Å². The minimum atomic E-state index is -0.784. The molecule has 1 unspecified atom stereocenters. The number of hydrogen-bond acceptors (Lipinski definition) is 4. The minimum Gasteiger partial charge on any atom is -0.392 e. The van der Waals surface area contributed by atoms with Crippen LogP contribution in [0, 0.1) is 17.6 Å². The number of anilines is 2. The highest BCUT2D eigenvalue weighted by atomic mass is 19.1. The van der Waals surface area contributed by atoms with Crippen molar-refractivity contribution in [2.24, 2.45) is 0 Å². The summed E-state index contributed by atoms with van der Waals surface area (Å²) in [6.45, 7) is 0.639. The lowest BCUT2D eigenvalue weighted by atomic mass is 10.0. The fourth-order valence-corrected chi connectivity index (χ4v) is 3.20. The average Bonchev–Trinajstić information content (AvgIpc) is 3.15. The van der Waals surface area contributed by atoms with Gasteiger partial charge in [-0.15, -0.1) is 5.10 Å². The van der Waals surface area contributed by atoms with Crippen molar-refractivity contribution in [2.75, 3.05) is 17.2 Å². The van der Waals surface area contributed by atoms with Crippen molar-refractivity contribution in [3.05, 3.63) is 53.6 Å². The first-order valence-electron chi connectivity index (χ1n) is 7.56. The van der Waals surface area contributed by atoms with Crippen molar-refractivity contribution < 1.29 is 13.2 Å². The van der Waals surface area contributed by atoms with E-state index in [1.807, 2.05) is 4.90 Å². The van der Waals surface area contributed by atoms with Crippen LogP contribution >= 0.6 is 0 Å². The highest BCUT2D eigenvalue weighted by Crippen LogP contribution is 2.37. The summed E-state index contributed by atoms with van der Waals surface area (Å²) in [7, 11) is 0. The van der Waals surface area contributed by atoms with Crippen LogP contribution in [-0.2, 0) is 0 Å². The second kappa shape index (κ2) is 5.40. The molecule has 5 nitrogen and oxygen atoms in total. The van der Waals surface area contributed by atoms with Crippen LogP contribution in [0.4, 0.5) is 24.7 Å². The first kappa shape index (κ1) is 14.8. The second-order valence-corrected chi connectivity index (χ2v) is 5.78. The number of fused-ring (bicyclic) bond motifs is 1. The van der Waals surface area contributed by atoms with Gasteiger partial charge in [0.25, 0.3) is 5.95 Å². The molecule has 124 valence electrons. The molecule has 2 aromatic heterocycles. The molecule has 1 atom stereocenters. The molecule has 4 rings (SSSR count). The van der Waals surface area contributed by atoms with E-state index >= 15 is 0 Å². The topological polar surface area (TPSA) is 59.4 Å². The van der Waals surface area contributed by atoms with Gasteiger partial charge < -0.3 is 10.6 Å². The van der Waals surface area contributed by atoms with E-state index in [-0.39, 0.29) is 17.4 Å². The Morgan fingerprint density at radius 2 is 2.00 bits per heavy atom. The minimum absolute atomic E-state index is 0.135. The van der Waals surface area contributed by atoms with E-state index in [4.69, 9.17) is 5.73 Å². The van der Waals surface area contributed by atoms with Crippen LogP contribution in [0.1, 0.15) is 24.4 Å². The van der Waals surface area contributed by atoms with Gasteiger partial charge in [-0.3, -0.25) is 0 Å². The molecule has 2 N–H and O–H groups in total. The zero-order valence-corrected chi connectivity index (χ0v) is 12.6. The molecule has 24 heavy (non-hydrogen) atoms. The molecule has 0 aliphatic carbocycles. The third kappa shape index (κ3) is 2.26. The Labute approximate surface area is 135 Å². The molecular formula is C16H14F3N5. The smallest absolute Gasteiger partial charge is 0.258 e. The fraction of sp³-hybridized carbons (Fsp3) is 0.250. The highest BCUT2D eigenvalue weighted by molar-refractivity contribution is 5.66. The lowest BCUT2D eigenvalue weighted by Gasteiger charge is -2.26. The summed E-state index contributed by atoms with van der Waals surface area (Å²) < 4.78 is 42.4. The molecule has 1 aromatic carbocycles. The zero-order valence-electron chi connectivity index (χ0n) is 12.6. The lowest BCUT2D eigenvalue weighted by Crippen LogP contribution is -2.24. The van der Waals surface area contributed by atoms with Gasteiger partial charge in [-0.2, -0.15) is 4.39 Å². The van der Waals surface area contributed by atoms with Gasteiger partial charge in [0, 0.05) is 18.3 Å². The fourth-order valence-electron chi connectivity index (χ4n) is 3.20. The monoisotopic (exact) mass is 333 g/mol. The van der Waals surface area contributed by atoms with Gasteiger partial charge in [0.1, 0.15) is 23.1 Å². The summed E-state index contributed by atoms with van der Waals surface area (Å²) in [5, 5.41) is 3.62. The van der Waals surface area contributed by atoms with Crippen molar-refractivity contribution in [3.63, 3.8) is 0 Å². The largest absolute Gasteiger partial charge is 0.392 e. The van der Waals surface area contributed by atoms with Gasteiger partial charge in [0.05, 0.1) is 6.04 Å². The first-order chi connectivity index (χ1) is 11.5. The maximum atomic E-state index is 14.1. The Hall–Kier alpha value is -2.77. The van der Waals surface area contributed by atoms with E-state index < -0.39 is 17.6 Å². The number of nitrogen functional groups attached to an aromatic ring is 1. The van der Waals surface area contributed by atoms with Gasteiger partial charge in [0.2, 0.25) is 0 Å². The Bertz CT molecular complexity index is 923. The summed E-state index contributed by atoms with van der Waals surface area (Å²) in [5.74, 6) is -1.19. The molecule has 0 amide bonds. The molecule has 3 aromatic rings. The van der Waals surface area contributed by atoms with Crippen LogP contribution in [0.2, 0.25) is 0 Å². The molecule has 1 aliphatic heterocycles. The number of nitrogens with zero attached hydrogens (tertiary/aromatic N) is 4. The van der Waals surface area contributed by atoms with Crippen LogP contribution in [0.3, 0.4) is 0 Å². The number of nitrogens with two attached hydrogens (primary N) is 1. The van der Waals surface area contributed by atoms with E-state index in [0.717, 1.165) is 18.6 Å². The van der Waals surface area contributed by atoms with Crippen molar-refractivity contribution in [1.82, 2.24) is 14.6 Å². The third-order valence-corrected chi connectivity index (χ3v) is 4.33. The summed E-state index contributed by atoms with van der Waals surface area (Å²) in [4.78, 5) is 6.23. The number of aromatic nitrogens is 3. The molecule has 3 heterocycles. The van der Waals surface area contributed by atoms with Gasteiger partial charge in [-0.1, -0.05) is 0 Å². The van der Waals surface area contributed by atoms with Crippen molar-refractivity contribution in [2.45, 2.75) is 18.9 Å². The van der Waals surface area contributed by atoms with E-state index in [1.165, 1.54) is 10.6 Å². The maximum absolute atomic E-state index is 14.1. The molecule has 8 heteroatoms. The Balaban J connectivity index is 1.77. The number of benzene rings is 1. The summed E-state index contributed by atoms with van der Waals surface area (Å²) in [6.07, 6.45) is 3.04. The Morgan fingerprint density at radius 1 is 1.17 bits per heavy atom. The van der Waals surface area contributed by atoms with Crippen molar-refractivity contribution in [3.8, 4) is 0 Å². The van der Waals surface area contributed by atoms with Gasteiger partial charge >= 0.3 is 0 Å². The first-order valence-corrected chi connectivity index (χ1v) is 7.56. The quantitative estimate of drug-likeness (QED) is 0.783. The molecule has 0 bridgehead atoms. The molecule has 0 spiro atoms. The zero-order chi connectivity index (χ0) is 16.8. The Morgan fingerprint density at radius 3 is 2.83 bits per heavy atom. The normalized spacial score (nSPS) is 17.8. The van der Waals surface area contributed by atoms with Crippen LogP contribution < -0.4 is 10.6 Å². The second-order valence-electron chi connectivity index (χ2n) is 5.78.